The number of thioether (sulfide) groups is 1. The van der Waals surface area contributed by atoms with Crippen molar-refractivity contribution in [3.63, 3.8) is 0 Å². The maximum Gasteiger partial charge on any atom is 0.229 e. The van der Waals surface area contributed by atoms with Crippen molar-refractivity contribution in [1.29, 1.82) is 0 Å². The largest absolute Gasteiger partial charge is 0.497 e. The maximum atomic E-state index is 5.93. The van der Waals surface area contributed by atoms with Crippen LogP contribution in [0.4, 0.5) is 11.9 Å². The van der Waals surface area contributed by atoms with E-state index >= 15 is 0 Å². The van der Waals surface area contributed by atoms with Gasteiger partial charge in [0.05, 0.1) is 30.7 Å². The number of ether oxygens (including phenoxy) is 2. The quantitative estimate of drug-likeness (QED) is 0.376. The van der Waals surface area contributed by atoms with Crippen LogP contribution in [0.3, 0.4) is 0 Å². The first-order valence-electron chi connectivity index (χ1n) is 10.5. The van der Waals surface area contributed by atoms with Crippen molar-refractivity contribution in [1.82, 2.24) is 29.7 Å². The molecule has 11 heteroatoms. The first-order valence-corrected chi connectivity index (χ1v) is 11.4. The Hall–Kier alpha value is -3.86. The standard InChI is InChI=1S/C23H26N8O2S/c1-14(19-25-21(24)27-22(26-19)30(2)3)34-23-29-28-20(17-8-6-7-9-18(17)33-5)31(23)15-10-12-16(32-4)13-11-15/h6-14H,1-5H3,(H2,24,25,26,27). The number of rotatable bonds is 8. The van der Waals surface area contributed by atoms with Gasteiger partial charge < -0.3 is 20.1 Å². The van der Waals surface area contributed by atoms with Crippen LogP contribution in [0.25, 0.3) is 17.1 Å². The molecule has 0 spiro atoms. The smallest absolute Gasteiger partial charge is 0.229 e. The summed E-state index contributed by atoms with van der Waals surface area (Å²) in [6.45, 7) is 1.99. The molecule has 2 aromatic carbocycles. The summed E-state index contributed by atoms with van der Waals surface area (Å²) in [4.78, 5) is 14.9. The lowest BCUT2D eigenvalue weighted by Crippen LogP contribution is -2.16. The summed E-state index contributed by atoms with van der Waals surface area (Å²) in [5.74, 6) is 3.35. The molecule has 0 saturated carbocycles. The fraction of sp³-hybridized carbons (Fsp3) is 0.261. The molecule has 176 valence electrons. The van der Waals surface area contributed by atoms with Gasteiger partial charge >= 0.3 is 0 Å². The van der Waals surface area contributed by atoms with Crippen LogP contribution in [0, 0.1) is 0 Å². The van der Waals surface area contributed by atoms with Crippen LogP contribution in [0.1, 0.15) is 18.0 Å². The number of nitrogens with zero attached hydrogens (tertiary/aromatic N) is 7. The maximum absolute atomic E-state index is 5.93. The van der Waals surface area contributed by atoms with E-state index in [1.165, 1.54) is 11.8 Å². The van der Waals surface area contributed by atoms with E-state index in [9.17, 15) is 0 Å². The highest BCUT2D eigenvalue weighted by Crippen LogP contribution is 2.38. The molecule has 2 N–H and O–H groups in total. The van der Waals surface area contributed by atoms with Gasteiger partial charge in [-0.05, 0) is 43.3 Å². The fourth-order valence-corrected chi connectivity index (χ4v) is 4.22. The molecule has 0 bridgehead atoms. The molecular weight excluding hydrogens is 452 g/mol. The van der Waals surface area contributed by atoms with Gasteiger partial charge in [-0.15, -0.1) is 10.2 Å². The average Bonchev–Trinajstić information content (AvgIpc) is 3.26. The number of nitrogens with two attached hydrogens (primary N) is 1. The Morgan fingerprint density at radius 1 is 0.941 bits per heavy atom. The van der Waals surface area contributed by atoms with Crippen LogP contribution in [-0.2, 0) is 0 Å². The number of aromatic nitrogens is 6. The Bertz CT molecular complexity index is 1280. The van der Waals surface area contributed by atoms with Crippen molar-refractivity contribution in [2.45, 2.75) is 17.3 Å². The lowest BCUT2D eigenvalue weighted by molar-refractivity contribution is 0.414. The third-order valence-electron chi connectivity index (χ3n) is 5.02. The zero-order chi connectivity index (χ0) is 24.2. The average molecular weight is 479 g/mol. The minimum atomic E-state index is -0.171. The molecule has 1 atom stereocenters. The molecule has 4 rings (SSSR count). The Morgan fingerprint density at radius 3 is 2.35 bits per heavy atom. The van der Waals surface area contributed by atoms with E-state index in [2.05, 4.69) is 25.1 Å². The zero-order valence-electron chi connectivity index (χ0n) is 19.6. The summed E-state index contributed by atoms with van der Waals surface area (Å²) in [5.41, 5.74) is 7.64. The van der Waals surface area contributed by atoms with Gasteiger partial charge in [0.25, 0.3) is 0 Å². The van der Waals surface area contributed by atoms with Crippen molar-refractivity contribution in [2.75, 3.05) is 38.9 Å². The summed E-state index contributed by atoms with van der Waals surface area (Å²) in [6, 6.07) is 15.4. The minimum absolute atomic E-state index is 0.171. The second kappa shape index (κ2) is 9.96. The number of para-hydroxylation sites is 1. The van der Waals surface area contributed by atoms with Crippen LogP contribution in [0.2, 0.25) is 0 Å². The van der Waals surface area contributed by atoms with E-state index in [1.807, 2.05) is 74.1 Å². The van der Waals surface area contributed by atoms with E-state index in [0.29, 0.717) is 28.5 Å². The predicted molar refractivity (Wildman–Crippen MR) is 133 cm³/mol. The van der Waals surface area contributed by atoms with E-state index in [1.54, 1.807) is 19.1 Å². The number of hydrogen-bond acceptors (Lipinski definition) is 10. The van der Waals surface area contributed by atoms with Gasteiger partial charge in [0.2, 0.25) is 11.9 Å². The van der Waals surface area contributed by atoms with Crippen LogP contribution in [0.15, 0.2) is 53.7 Å². The Labute approximate surface area is 202 Å². The summed E-state index contributed by atoms with van der Waals surface area (Å²) in [7, 11) is 6.99. The van der Waals surface area contributed by atoms with Crippen molar-refractivity contribution >= 4 is 23.7 Å². The number of methoxy groups -OCH3 is 2. The topological polar surface area (TPSA) is 117 Å². The molecule has 1 unspecified atom stereocenters. The lowest BCUT2D eigenvalue weighted by Gasteiger charge is -2.16. The molecule has 2 aromatic heterocycles. The second-order valence-electron chi connectivity index (χ2n) is 7.55. The highest BCUT2D eigenvalue weighted by molar-refractivity contribution is 7.99. The fourth-order valence-electron chi connectivity index (χ4n) is 3.30. The number of anilines is 2. The molecule has 0 radical (unpaired) electrons. The Morgan fingerprint density at radius 2 is 1.68 bits per heavy atom. The van der Waals surface area contributed by atoms with Crippen molar-refractivity contribution in [3.8, 4) is 28.6 Å². The van der Waals surface area contributed by atoms with Gasteiger partial charge in [0.15, 0.2) is 11.0 Å². The van der Waals surface area contributed by atoms with Crippen LogP contribution >= 0.6 is 11.8 Å². The molecule has 0 saturated heterocycles. The van der Waals surface area contributed by atoms with Gasteiger partial charge in [-0.25, -0.2) is 0 Å². The molecule has 0 aliphatic heterocycles. The van der Waals surface area contributed by atoms with E-state index in [4.69, 9.17) is 15.2 Å². The number of nitrogen functional groups attached to an aromatic ring is 1. The van der Waals surface area contributed by atoms with Crippen molar-refractivity contribution < 1.29 is 9.47 Å². The van der Waals surface area contributed by atoms with E-state index < -0.39 is 0 Å². The molecule has 0 fully saturated rings. The molecule has 10 nitrogen and oxygen atoms in total. The highest BCUT2D eigenvalue weighted by atomic mass is 32.2. The van der Waals surface area contributed by atoms with Crippen molar-refractivity contribution in [3.05, 3.63) is 54.4 Å². The zero-order valence-corrected chi connectivity index (χ0v) is 20.4. The molecular formula is C23H26N8O2S. The van der Waals surface area contributed by atoms with E-state index in [-0.39, 0.29) is 11.2 Å². The van der Waals surface area contributed by atoms with Gasteiger partial charge in [-0.2, -0.15) is 15.0 Å². The number of hydrogen-bond donors (Lipinski definition) is 1. The summed E-state index contributed by atoms with van der Waals surface area (Å²) < 4.78 is 12.9. The minimum Gasteiger partial charge on any atom is -0.497 e. The molecule has 0 aliphatic rings. The number of benzene rings is 2. The molecule has 2 heterocycles. The Kier molecular flexibility index (Phi) is 6.82. The van der Waals surface area contributed by atoms with Gasteiger partial charge in [-0.1, -0.05) is 23.9 Å². The normalized spacial score (nSPS) is 11.8. The second-order valence-corrected chi connectivity index (χ2v) is 8.85. The molecule has 0 amide bonds. The molecule has 4 aromatic rings. The first kappa shape index (κ1) is 23.3. The molecule has 0 aliphatic carbocycles. The molecule has 34 heavy (non-hydrogen) atoms. The summed E-state index contributed by atoms with van der Waals surface area (Å²) in [5, 5.41) is 9.53. The highest BCUT2D eigenvalue weighted by Gasteiger charge is 2.23. The Balaban J connectivity index is 1.79. The van der Waals surface area contributed by atoms with Gasteiger partial charge in [-0.3, -0.25) is 4.57 Å². The third kappa shape index (κ3) is 4.74. The van der Waals surface area contributed by atoms with Crippen LogP contribution in [0.5, 0.6) is 11.5 Å². The third-order valence-corrected chi connectivity index (χ3v) is 6.06. The van der Waals surface area contributed by atoms with Crippen LogP contribution in [-0.4, -0.2) is 58.0 Å². The SMILES string of the molecule is COc1ccc(-n2c(SC(C)c3nc(N)nc(N(C)C)n3)nnc2-c2ccccc2OC)cc1. The van der Waals surface area contributed by atoms with Crippen molar-refractivity contribution in [2.24, 2.45) is 0 Å². The van der Waals surface area contributed by atoms with Gasteiger partial charge in [0, 0.05) is 14.1 Å². The van der Waals surface area contributed by atoms with Crippen LogP contribution < -0.4 is 20.1 Å². The first-order chi connectivity index (χ1) is 16.4. The lowest BCUT2D eigenvalue weighted by atomic mass is 10.2. The summed E-state index contributed by atoms with van der Waals surface area (Å²) in [6.07, 6.45) is 0. The summed E-state index contributed by atoms with van der Waals surface area (Å²) >= 11 is 1.48. The predicted octanol–water partition coefficient (Wildman–Crippen LogP) is 3.64. The monoisotopic (exact) mass is 478 g/mol. The van der Waals surface area contributed by atoms with Gasteiger partial charge in [0.1, 0.15) is 17.3 Å². The van der Waals surface area contributed by atoms with E-state index in [0.717, 1.165) is 17.0 Å².